The molecule has 0 aromatic carbocycles. The average Bonchev–Trinajstić information content (AvgIpc) is 2.83. The van der Waals surface area contributed by atoms with Crippen LogP contribution < -0.4 is 0 Å². The van der Waals surface area contributed by atoms with Crippen LogP contribution >= 0.6 is 0 Å². The molecule has 172 valence electrons. The number of methoxy groups -OCH3 is 1. The van der Waals surface area contributed by atoms with Gasteiger partial charge in [-0.2, -0.15) is 0 Å². The molecule has 0 saturated heterocycles. The molecule has 0 aromatic rings. The molecular formula is C28H48O2. The maximum absolute atomic E-state index is 10.3. The van der Waals surface area contributed by atoms with E-state index in [1.807, 2.05) is 7.11 Å². The number of hydrogen-bond acceptors (Lipinski definition) is 2. The van der Waals surface area contributed by atoms with Gasteiger partial charge in [0.05, 0.1) is 12.2 Å². The van der Waals surface area contributed by atoms with E-state index in [2.05, 4.69) is 33.8 Å². The smallest absolute Gasteiger partial charge is 0.0594 e. The molecule has 3 fully saturated rings. The Bertz CT molecular complexity index is 610. The zero-order valence-corrected chi connectivity index (χ0v) is 20.4. The maximum atomic E-state index is 10.3. The molecule has 0 spiro atoms. The van der Waals surface area contributed by atoms with Crippen LogP contribution in [0.4, 0.5) is 0 Å². The van der Waals surface area contributed by atoms with E-state index in [0.717, 1.165) is 48.3 Å². The second kappa shape index (κ2) is 9.26. The minimum atomic E-state index is -0.0786. The van der Waals surface area contributed by atoms with Gasteiger partial charge in [0.2, 0.25) is 0 Å². The maximum Gasteiger partial charge on any atom is 0.0594 e. The van der Waals surface area contributed by atoms with E-state index in [4.69, 9.17) is 4.74 Å². The van der Waals surface area contributed by atoms with E-state index in [1.54, 1.807) is 5.57 Å². The Morgan fingerprint density at radius 3 is 2.57 bits per heavy atom. The van der Waals surface area contributed by atoms with Crippen molar-refractivity contribution >= 4 is 0 Å². The van der Waals surface area contributed by atoms with E-state index >= 15 is 0 Å². The number of hydrogen-bond donors (Lipinski definition) is 1. The lowest BCUT2D eigenvalue weighted by atomic mass is 9.54. The summed E-state index contributed by atoms with van der Waals surface area (Å²) in [5.41, 5.74) is 2.14. The van der Waals surface area contributed by atoms with Crippen LogP contribution in [0.1, 0.15) is 98.3 Å². The number of allylic oxidation sites excluding steroid dienone is 1. The molecule has 0 aromatic heterocycles. The Balaban J connectivity index is 1.46. The Hall–Kier alpha value is -0.340. The largest absolute Gasteiger partial charge is 0.393 e. The summed E-state index contributed by atoms with van der Waals surface area (Å²) in [7, 11) is 1.89. The van der Waals surface area contributed by atoms with Gasteiger partial charge in [-0.15, -0.1) is 0 Å². The molecule has 2 nitrogen and oxygen atoms in total. The minimum Gasteiger partial charge on any atom is -0.393 e. The first-order valence-electron chi connectivity index (χ1n) is 13.2. The number of rotatable bonds is 6. The molecule has 9 atom stereocenters. The van der Waals surface area contributed by atoms with E-state index in [1.165, 1.54) is 57.8 Å². The number of ether oxygens (including phenoxy) is 1. The molecule has 3 saturated carbocycles. The van der Waals surface area contributed by atoms with Gasteiger partial charge in [0.25, 0.3) is 0 Å². The average molecular weight is 417 g/mol. The Labute approximate surface area is 186 Å². The monoisotopic (exact) mass is 416 g/mol. The minimum absolute atomic E-state index is 0.0786. The molecule has 4 rings (SSSR count). The van der Waals surface area contributed by atoms with Gasteiger partial charge in [-0.1, -0.05) is 39.3 Å². The molecule has 1 N–H and O–H groups in total. The molecule has 0 unspecified atom stereocenters. The topological polar surface area (TPSA) is 29.5 Å². The van der Waals surface area contributed by atoms with E-state index in [0.29, 0.717) is 17.4 Å². The van der Waals surface area contributed by atoms with Crippen LogP contribution in [0.5, 0.6) is 0 Å². The summed E-state index contributed by atoms with van der Waals surface area (Å²) in [6, 6.07) is 0. The molecule has 0 heterocycles. The van der Waals surface area contributed by atoms with Crippen molar-refractivity contribution in [3.8, 4) is 0 Å². The van der Waals surface area contributed by atoms with Crippen molar-refractivity contribution in [2.24, 2.45) is 46.8 Å². The summed E-state index contributed by atoms with van der Waals surface area (Å²) in [4.78, 5) is 0. The fourth-order valence-corrected chi connectivity index (χ4v) is 8.74. The van der Waals surface area contributed by atoms with Gasteiger partial charge in [0, 0.05) is 7.11 Å². The second-order valence-electron chi connectivity index (χ2n) is 12.2. The van der Waals surface area contributed by atoms with Crippen molar-refractivity contribution in [1.82, 2.24) is 0 Å². The molecule has 0 radical (unpaired) electrons. The van der Waals surface area contributed by atoms with Crippen molar-refractivity contribution in [1.29, 1.82) is 0 Å². The molecule has 2 heteroatoms. The van der Waals surface area contributed by atoms with Crippen LogP contribution in [0.2, 0.25) is 0 Å². The zero-order valence-electron chi connectivity index (χ0n) is 20.4. The first kappa shape index (κ1) is 22.8. The fourth-order valence-electron chi connectivity index (χ4n) is 8.74. The van der Waals surface area contributed by atoms with E-state index < -0.39 is 0 Å². The summed E-state index contributed by atoms with van der Waals surface area (Å²) in [5, 5.41) is 10.3. The highest BCUT2D eigenvalue weighted by Gasteiger charge is 2.55. The predicted octanol–water partition coefficient (Wildman–Crippen LogP) is 7.01. The van der Waals surface area contributed by atoms with Gasteiger partial charge in [-0.25, -0.2) is 0 Å². The lowest BCUT2D eigenvalue weighted by molar-refractivity contribution is -0.0246. The molecular weight excluding hydrogens is 368 g/mol. The Kier molecular flexibility index (Phi) is 7.05. The number of fused-ring (bicyclic) bond motifs is 6. The highest BCUT2D eigenvalue weighted by molar-refractivity contribution is 5.14. The highest BCUT2D eigenvalue weighted by atomic mass is 16.5. The number of aliphatic hydroxyl groups is 1. The van der Waals surface area contributed by atoms with Gasteiger partial charge in [-0.05, 0) is 117 Å². The first-order chi connectivity index (χ1) is 14.3. The number of aliphatic hydroxyl groups excluding tert-OH is 1. The Morgan fingerprint density at radius 1 is 1.03 bits per heavy atom. The van der Waals surface area contributed by atoms with Gasteiger partial charge >= 0.3 is 0 Å². The van der Waals surface area contributed by atoms with Gasteiger partial charge in [0.15, 0.2) is 0 Å². The molecule has 2 bridgehead atoms. The summed E-state index contributed by atoms with van der Waals surface area (Å²) >= 11 is 0. The Morgan fingerprint density at radius 2 is 1.83 bits per heavy atom. The molecule has 4 aliphatic rings. The molecule has 0 aliphatic heterocycles. The lowest BCUT2D eigenvalue weighted by Crippen LogP contribution is -2.44. The highest BCUT2D eigenvalue weighted by Crippen LogP contribution is 2.64. The van der Waals surface area contributed by atoms with Crippen LogP contribution in [-0.4, -0.2) is 24.4 Å². The molecule has 4 aliphatic carbocycles. The normalized spacial score (nSPS) is 43.2. The molecule has 30 heavy (non-hydrogen) atoms. The van der Waals surface area contributed by atoms with Crippen LogP contribution in [-0.2, 0) is 4.74 Å². The summed E-state index contributed by atoms with van der Waals surface area (Å²) < 4.78 is 5.77. The third-order valence-electron chi connectivity index (χ3n) is 10.4. The van der Waals surface area contributed by atoms with Crippen LogP contribution in [0.25, 0.3) is 0 Å². The predicted molar refractivity (Wildman–Crippen MR) is 125 cm³/mol. The van der Waals surface area contributed by atoms with Crippen molar-refractivity contribution in [2.75, 3.05) is 7.11 Å². The van der Waals surface area contributed by atoms with Crippen LogP contribution in [0.15, 0.2) is 11.6 Å². The fraction of sp³-hybridized carbons (Fsp3) is 0.929. The van der Waals surface area contributed by atoms with Gasteiger partial charge in [0.1, 0.15) is 0 Å². The summed E-state index contributed by atoms with van der Waals surface area (Å²) in [6.07, 6.45) is 17.1. The lowest BCUT2D eigenvalue weighted by Gasteiger charge is -2.51. The van der Waals surface area contributed by atoms with E-state index in [-0.39, 0.29) is 6.10 Å². The van der Waals surface area contributed by atoms with Crippen molar-refractivity contribution in [3.05, 3.63) is 11.6 Å². The summed E-state index contributed by atoms with van der Waals surface area (Å²) in [6.45, 7) is 9.82. The van der Waals surface area contributed by atoms with Crippen LogP contribution in [0, 0.1) is 46.8 Å². The molecule has 0 amide bonds. The second-order valence-corrected chi connectivity index (χ2v) is 12.2. The summed E-state index contributed by atoms with van der Waals surface area (Å²) in [5.74, 6) is 5.91. The third-order valence-corrected chi connectivity index (χ3v) is 10.4. The quantitative estimate of drug-likeness (QED) is 0.472. The van der Waals surface area contributed by atoms with Crippen LogP contribution in [0.3, 0.4) is 0 Å². The van der Waals surface area contributed by atoms with Crippen molar-refractivity contribution in [3.63, 3.8) is 0 Å². The van der Waals surface area contributed by atoms with E-state index in [9.17, 15) is 5.11 Å². The van der Waals surface area contributed by atoms with Crippen molar-refractivity contribution < 1.29 is 9.84 Å². The van der Waals surface area contributed by atoms with Gasteiger partial charge in [-0.3, -0.25) is 0 Å². The standard InChI is InChI=1S/C28H48O2/c1-18(2)27(30-5)13-6-19(3)25-11-12-26-24-10-7-20-16-21(8-9-22(29)17-20)23(24)14-15-28(25,26)4/h7,18-19,21-27,29H,6,8-17H2,1-5H3/t19-,21-,22+,23-,24-,25-,26+,27-,28-/m1/s1. The van der Waals surface area contributed by atoms with Gasteiger partial charge < -0.3 is 9.84 Å². The van der Waals surface area contributed by atoms with Crippen molar-refractivity contribution in [2.45, 2.75) is 111 Å². The SMILES string of the molecule is CO[C@H](CC[C@@H](C)[C@H]1CC[C@H]2[C@@H]3CC=C4C[C@@H](O)CC[C@H](C4)[C@H]3CC[C@]12C)C(C)C. The zero-order chi connectivity index (χ0) is 21.5. The first-order valence-corrected chi connectivity index (χ1v) is 13.2. The third kappa shape index (κ3) is 4.29.